The predicted octanol–water partition coefficient (Wildman–Crippen LogP) is -0.989. The van der Waals surface area contributed by atoms with E-state index in [9.17, 15) is 4.79 Å². The van der Waals surface area contributed by atoms with Crippen molar-refractivity contribution in [3.8, 4) is 0 Å². The molecule has 0 rings (SSSR count). The summed E-state index contributed by atoms with van der Waals surface area (Å²) < 4.78 is 0. The molecule has 4 nitrogen and oxygen atoms in total. The van der Waals surface area contributed by atoms with Gasteiger partial charge in [-0.2, -0.15) is 0 Å². The van der Waals surface area contributed by atoms with Gasteiger partial charge in [0.1, 0.15) is 5.54 Å². The van der Waals surface area contributed by atoms with Gasteiger partial charge in [-0.1, -0.05) is 0 Å². The number of hydrogen-bond donors (Lipinski definition) is 2. The summed E-state index contributed by atoms with van der Waals surface area (Å²) in [7, 11) is 5.53. The molecular weight excluding hydrogens is 142 g/mol. The van der Waals surface area contributed by atoms with Gasteiger partial charge in [0.25, 0.3) is 0 Å². The van der Waals surface area contributed by atoms with Crippen LogP contribution in [-0.4, -0.2) is 44.0 Å². The Hall–Kier alpha value is -0.610. The average Bonchev–Trinajstić information content (AvgIpc) is 1.86. The highest BCUT2D eigenvalue weighted by atomic mass is 16.1. The zero-order chi connectivity index (χ0) is 9.07. The average molecular weight is 159 g/mol. The van der Waals surface area contributed by atoms with Crippen molar-refractivity contribution in [3.05, 3.63) is 0 Å². The molecule has 1 unspecified atom stereocenters. The first-order chi connectivity index (χ1) is 4.92. The lowest BCUT2D eigenvalue weighted by molar-refractivity contribution is -0.124. The number of likely N-dealkylation sites (N-methyl/N-ethyl adjacent to an activating group) is 2. The minimum Gasteiger partial charge on any atom is -0.368 e. The molecule has 0 radical (unpaired) electrons. The topological polar surface area (TPSA) is 58.4 Å². The van der Waals surface area contributed by atoms with E-state index < -0.39 is 5.54 Å². The van der Waals surface area contributed by atoms with E-state index in [0.717, 1.165) is 0 Å². The molecule has 0 heterocycles. The maximum Gasteiger partial charge on any atom is 0.238 e. The van der Waals surface area contributed by atoms with Gasteiger partial charge in [0.2, 0.25) is 5.91 Å². The summed E-state index contributed by atoms with van der Waals surface area (Å²) >= 11 is 0. The third-order valence-corrected chi connectivity index (χ3v) is 1.73. The molecule has 0 aliphatic carbocycles. The Kier molecular flexibility index (Phi) is 3.48. The van der Waals surface area contributed by atoms with Crippen LogP contribution < -0.4 is 11.1 Å². The third kappa shape index (κ3) is 2.86. The first-order valence-corrected chi connectivity index (χ1v) is 3.56. The second-order valence-electron chi connectivity index (χ2n) is 3.18. The van der Waals surface area contributed by atoms with Gasteiger partial charge in [0.05, 0.1) is 0 Å². The van der Waals surface area contributed by atoms with Crippen molar-refractivity contribution in [1.29, 1.82) is 0 Å². The maximum atomic E-state index is 10.9. The summed E-state index contributed by atoms with van der Waals surface area (Å²) in [6.07, 6.45) is 0. The van der Waals surface area contributed by atoms with Crippen LogP contribution in [0.1, 0.15) is 6.92 Å². The number of hydrogen-bond acceptors (Lipinski definition) is 3. The number of primary amides is 1. The summed E-state index contributed by atoms with van der Waals surface area (Å²) in [4.78, 5) is 12.8. The number of nitrogens with zero attached hydrogens (tertiary/aromatic N) is 1. The van der Waals surface area contributed by atoms with E-state index in [2.05, 4.69) is 5.32 Å². The Bertz CT molecular complexity index is 147. The molecule has 0 aromatic heterocycles. The zero-order valence-electron chi connectivity index (χ0n) is 7.64. The van der Waals surface area contributed by atoms with Crippen molar-refractivity contribution in [3.63, 3.8) is 0 Å². The van der Waals surface area contributed by atoms with Crippen LogP contribution in [0.5, 0.6) is 0 Å². The van der Waals surface area contributed by atoms with E-state index in [1.54, 1.807) is 14.0 Å². The summed E-state index contributed by atoms with van der Waals surface area (Å²) in [6.45, 7) is 2.40. The van der Waals surface area contributed by atoms with Crippen molar-refractivity contribution in [2.45, 2.75) is 12.5 Å². The van der Waals surface area contributed by atoms with Gasteiger partial charge in [-0.3, -0.25) is 4.79 Å². The highest BCUT2D eigenvalue weighted by molar-refractivity contribution is 5.84. The fourth-order valence-electron chi connectivity index (χ4n) is 0.913. The molecule has 0 aliphatic heterocycles. The summed E-state index contributed by atoms with van der Waals surface area (Å²) in [6, 6.07) is 0. The lowest BCUT2D eigenvalue weighted by Crippen LogP contribution is -2.57. The van der Waals surface area contributed by atoms with Crippen molar-refractivity contribution in [2.24, 2.45) is 5.73 Å². The molecule has 0 saturated heterocycles. The lowest BCUT2D eigenvalue weighted by atomic mass is 10.0. The fourth-order valence-corrected chi connectivity index (χ4v) is 0.913. The third-order valence-electron chi connectivity index (χ3n) is 1.73. The van der Waals surface area contributed by atoms with Gasteiger partial charge < -0.3 is 16.0 Å². The van der Waals surface area contributed by atoms with Crippen LogP contribution in [0.25, 0.3) is 0 Å². The summed E-state index contributed by atoms with van der Waals surface area (Å²) in [5.74, 6) is -0.325. The molecule has 66 valence electrons. The van der Waals surface area contributed by atoms with Crippen LogP contribution in [0.4, 0.5) is 0 Å². The lowest BCUT2D eigenvalue weighted by Gasteiger charge is -2.28. The van der Waals surface area contributed by atoms with Gasteiger partial charge >= 0.3 is 0 Å². The van der Waals surface area contributed by atoms with Crippen LogP contribution in [0.3, 0.4) is 0 Å². The summed E-state index contributed by atoms with van der Waals surface area (Å²) in [5.41, 5.74) is 4.58. The molecule has 0 spiro atoms. The van der Waals surface area contributed by atoms with Gasteiger partial charge in [-0.25, -0.2) is 0 Å². The molecule has 0 bridgehead atoms. The SMILES string of the molecule is CNC(C)(CN(C)C)C(N)=O. The van der Waals surface area contributed by atoms with E-state index in [1.165, 1.54) is 0 Å². The first kappa shape index (κ1) is 10.4. The highest BCUT2D eigenvalue weighted by Crippen LogP contribution is 2.02. The van der Waals surface area contributed by atoms with E-state index >= 15 is 0 Å². The van der Waals surface area contributed by atoms with E-state index in [4.69, 9.17) is 5.73 Å². The number of carbonyl (C=O) groups excluding carboxylic acids is 1. The van der Waals surface area contributed by atoms with E-state index in [-0.39, 0.29) is 5.91 Å². The summed E-state index contributed by atoms with van der Waals surface area (Å²) in [5, 5.41) is 2.89. The zero-order valence-corrected chi connectivity index (χ0v) is 7.64. The van der Waals surface area contributed by atoms with Crippen molar-refractivity contribution >= 4 is 5.91 Å². The molecule has 0 aromatic rings. The molecule has 0 fully saturated rings. The quantitative estimate of drug-likeness (QED) is 0.554. The minimum atomic E-state index is -0.622. The molecule has 1 atom stereocenters. The smallest absolute Gasteiger partial charge is 0.238 e. The normalized spacial score (nSPS) is 16.5. The Balaban J connectivity index is 4.22. The number of nitrogens with two attached hydrogens (primary N) is 1. The largest absolute Gasteiger partial charge is 0.368 e. The standard InChI is InChI=1S/C7H17N3O/c1-7(9-2,6(8)11)5-10(3)4/h9H,5H2,1-4H3,(H2,8,11). The Labute approximate surface area is 67.7 Å². The number of carbonyl (C=O) groups is 1. The van der Waals surface area contributed by atoms with Gasteiger partial charge in [-0.05, 0) is 28.1 Å². The van der Waals surface area contributed by atoms with Crippen molar-refractivity contribution in [2.75, 3.05) is 27.7 Å². The van der Waals surface area contributed by atoms with E-state index in [0.29, 0.717) is 6.54 Å². The number of nitrogens with one attached hydrogen (secondary N) is 1. The van der Waals surface area contributed by atoms with Crippen LogP contribution in [-0.2, 0) is 4.79 Å². The van der Waals surface area contributed by atoms with Crippen molar-refractivity contribution in [1.82, 2.24) is 10.2 Å². The van der Waals surface area contributed by atoms with Crippen LogP contribution >= 0.6 is 0 Å². The predicted molar refractivity (Wildman–Crippen MR) is 45.2 cm³/mol. The molecule has 0 aliphatic rings. The molecule has 3 N–H and O–H groups in total. The fraction of sp³-hybridized carbons (Fsp3) is 0.857. The molecular formula is C7H17N3O. The van der Waals surface area contributed by atoms with Gasteiger partial charge in [0.15, 0.2) is 0 Å². The van der Waals surface area contributed by atoms with Crippen LogP contribution in [0, 0.1) is 0 Å². The maximum absolute atomic E-state index is 10.9. The van der Waals surface area contributed by atoms with Crippen LogP contribution in [0.2, 0.25) is 0 Å². The molecule has 0 saturated carbocycles. The van der Waals surface area contributed by atoms with Crippen LogP contribution in [0.15, 0.2) is 0 Å². The first-order valence-electron chi connectivity index (χ1n) is 3.56. The number of amides is 1. The van der Waals surface area contributed by atoms with Crippen molar-refractivity contribution < 1.29 is 4.79 Å². The molecule has 4 heteroatoms. The van der Waals surface area contributed by atoms with Gasteiger partial charge in [-0.15, -0.1) is 0 Å². The Morgan fingerprint density at radius 2 is 2.09 bits per heavy atom. The minimum absolute atomic E-state index is 0.325. The number of rotatable bonds is 4. The molecule has 11 heavy (non-hydrogen) atoms. The second-order valence-corrected chi connectivity index (χ2v) is 3.18. The monoisotopic (exact) mass is 159 g/mol. The highest BCUT2D eigenvalue weighted by Gasteiger charge is 2.29. The molecule has 0 aromatic carbocycles. The Morgan fingerprint density at radius 1 is 1.64 bits per heavy atom. The second kappa shape index (κ2) is 3.69. The Morgan fingerprint density at radius 3 is 2.18 bits per heavy atom. The molecule has 1 amide bonds. The van der Waals surface area contributed by atoms with E-state index in [1.807, 2.05) is 19.0 Å². The van der Waals surface area contributed by atoms with Gasteiger partial charge in [0, 0.05) is 6.54 Å².